The first-order valence-electron chi connectivity index (χ1n) is 6.65. The van der Waals surface area contributed by atoms with E-state index in [2.05, 4.69) is 21.1 Å². The maximum Gasteiger partial charge on any atom is 0.173 e. The predicted octanol–water partition coefficient (Wildman–Crippen LogP) is 3.65. The molecule has 4 nitrogen and oxygen atoms in total. The zero-order chi connectivity index (χ0) is 13.7. The number of ether oxygens (including phenoxy) is 1. The molecular weight excluding hydrogens is 308 g/mol. The topological polar surface area (TPSA) is 67.8 Å². The third kappa shape index (κ3) is 3.86. The third-order valence-electron chi connectivity index (χ3n) is 3.42. The van der Waals surface area contributed by atoms with Crippen LogP contribution in [0.25, 0.3) is 0 Å². The normalized spacial score (nSPS) is 18.1. The molecular formula is C14H19BrN2O2. The van der Waals surface area contributed by atoms with E-state index in [1.165, 1.54) is 25.7 Å². The second kappa shape index (κ2) is 6.80. The highest BCUT2D eigenvalue weighted by atomic mass is 79.9. The first kappa shape index (κ1) is 14.2. The summed E-state index contributed by atoms with van der Waals surface area (Å²) in [7, 11) is 0. The highest BCUT2D eigenvalue weighted by Crippen LogP contribution is 2.28. The molecule has 104 valence electrons. The largest absolute Gasteiger partial charge is 0.490 e. The Hall–Kier alpha value is -1.23. The summed E-state index contributed by atoms with van der Waals surface area (Å²) in [6.07, 6.45) is 7.35. The first-order chi connectivity index (χ1) is 9.20. The van der Waals surface area contributed by atoms with Gasteiger partial charge in [-0.15, -0.1) is 0 Å². The molecule has 1 aromatic rings. The van der Waals surface area contributed by atoms with Crippen molar-refractivity contribution in [3.8, 4) is 5.75 Å². The number of rotatable bonds is 3. The molecule has 0 atom stereocenters. The minimum atomic E-state index is 0.0797. The minimum Gasteiger partial charge on any atom is -0.490 e. The van der Waals surface area contributed by atoms with E-state index >= 15 is 0 Å². The lowest BCUT2D eigenvalue weighted by molar-refractivity contribution is 0.183. The average Bonchev–Trinajstić information content (AvgIpc) is 2.67. The monoisotopic (exact) mass is 326 g/mol. The van der Waals surface area contributed by atoms with E-state index in [4.69, 9.17) is 15.7 Å². The number of hydrogen-bond acceptors (Lipinski definition) is 3. The third-order valence-corrected chi connectivity index (χ3v) is 3.92. The van der Waals surface area contributed by atoms with Gasteiger partial charge >= 0.3 is 0 Å². The molecule has 5 heteroatoms. The second-order valence-electron chi connectivity index (χ2n) is 4.86. The van der Waals surface area contributed by atoms with Crippen molar-refractivity contribution in [3.63, 3.8) is 0 Å². The number of nitrogens with zero attached hydrogens (tertiary/aromatic N) is 1. The number of amidine groups is 1. The fourth-order valence-electron chi connectivity index (χ4n) is 2.40. The Morgan fingerprint density at radius 3 is 2.58 bits per heavy atom. The second-order valence-corrected chi connectivity index (χ2v) is 5.77. The van der Waals surface area contributed by atoms with Crippen LogP contribution in [-0.4, -0.2) is 17.1 Å². The fraction of sp³-hybridized carbons (Fsp3) is 0.500. The van der Waals surface area contributed by atoms with E-state index in [1.807, 2.05) is 12.1 Å². The van der Waals surface area contributed by atoms with Crippen LogP contribution in [0.5, 0.6) is 5.75 Å². The van der Waals surface area contributed by atoms with Gasteiger partial charge in [0.2, 0.25) is 0 Å². The summed E-state index contributed by atoms with van der Waals surface area (Å²) < 4.78 is 6.99. The molecule has 1 aliphatic rings. The molecule has 0 saturated heterocycles. The van der Waals surface area contributed by atoms with Crippen LogP contribution in [0.3, 0.4) is 0 Å². The molecule has 2 rings (SSSR count). The quantitative estimate of drug-likeness (QED) is 0.293. The lowest BCUT2D eigenvalue weighted by Gasteiger charge is -2.19. The molecule has 1 fully saturated rings. The Morgan fingerprint density at radius 1 is 1.26 bits per heavy atom. The number of halogens is 1. The smallest absolute Gasteiger partial charge is 0.173 e. The average molecular weight is 327 g/mol. The van der Waals surface area contributed by atoms with Crippen molar-refractivity contribution in [2.75, 3.05) is 0 Å². The van der Waals surface area contributed by atoms with Gasteiger partial charge in [-0.05, 0) is 43.9 Å². The van der Waals surface area contributed by atoms with E-state index in [9.17, 15) is 0 Å². The Kier molecular flexibility index (Phi) is 5.07. The summed E-state index contributed by atoms with van der Waals surface area (Å²) in [6, 6.07) is 5.52. The van der Waals surface area contributed by atoms with E-state index in [0.29, 0.717) is 11.3 Å². The molecule has 0 aliphatic heterocycles. The summed E-state index contributed by atoms with van der Waals surface area (Å²) in [6.45, 7) is 0. The van der Waals surface area contributed by atoms with Gasteiger partial charge in [-0.3, -0.25) is 0 Å². The van der Waals surface area contributed by atoms with Crippen LogP contribution in [0.2, 0.25) is 0 Å². The van der Waals surface area contributed by atoms with Gasteiger partial charge in [0, 0.05) is 4.47 Å². The van der Waals surface area contributed by atoms with E-state index in [1.54, 1.807) is 6.07 Å². The van der Waals surface area contributed by atoms with Crippen LogP contribution in [0.15, 0.2) is 27.8 Å². The highest BCUT2D eigenvalue weighted by Gasteiger charge is 2.17. The van der Waals surface area contributed by atoms with Crippen LogP contribution < -0.4 is 10.5 Å². The van der Waals surface area contributed by atoms with Crippen molar-refractivity contribution >= 4 is 21.8 Å². The summed E-state index contributed by atoms with van der Waals surface area (Å²) in [5.41, 5.74) is 6.32. The highest BCUT2D eigenvalue weighted by molar-refractivity contribution is 9.10. The van der Waals surface area contributed by atoms with E-state index < -0.39 is 0 Å². The molecule has 1 aromatic carbocycles. The van der Waals surface area contributed by atoms with Gasteiger partial charge in [-0.25, -0.2) is 0 Å². The van der Waals surface area contributed by atoms with Crippen LogP contribution in [0.1, 0.15) is 44.1 Å². The molecule has 0 radical (unpaired) electrons. The van der Waals surface area contributed by atoms with Crippen LogP contribution in [0, 0.1) is 0 Å². The van der Waals surface area contributed by atoms with Gasteiger partial charge < -0.3 is 15.7 Å². The van der Waals surface area contributed by atoms with Crippen LogP contribution >= 0.6 is 15.9 Å². The predicted molar refractivity (Wildman–Crippen MR) is 78.8 cm³/mol. The maximum atomic E-state index is 8.83. The first-order valence-corrected chi connectivity index (χ1v) is 7.44. The maximum absolute atomic E-state index is 8.83. The van der Waals surface area contributed by atoms with Crippen molar-refractivity contribution < 1.29 is 9.94 Å². The lowest BCUT2D eigenvalue weighted by atomic mass is 10.1. The molecule has 0 amide bonds. The Morgan fingerprint density at radius 2 is 1.95 bits per heavy atom. The molecule has 0 heterocycles. The van der Waals surface area contributed by atoms with Crippen molar-refractivity contribution in [2.45, 2.75) is 44.6 Å². The van der Waals surface area contributed by atoms with Gasteiger partial charge in [0.15, 0.2) is 5.84 Å². The number of oxime groups is 1. The SMILES string of the molecule is N/C(=N/O)c1ccc(Br)cc1OC1CCCCCC1. The summed E-state index contributed by atoms with van der Waals surface area (Å²) in [5, 5.41) is 11.9. The number of nitrogens with two attached hydrogens (primary N) is 1. The molecule has 3 N–H and O–H groups in total. The molecule has 0 aromatic heterocycles. The molecule has 1 saturated carbocycles. The zero-order valence-electron chi connectivity index (χ0n) is 10.8. The fourth-order valence-corrected chi connectivity index (χ4v) is 2.74. The zero-order valence-corrected chi connectivity index (χ0v) is 12.4. The number of hydrogen-bond donors (Lipinski definition) is 2. The number of benzene rings is 1. The van der Waals surface area contributed by atoms with Crippen LogP contribution in [-0.2, 0) is 0 Å². The van der Waals surface area contributed by atoms with Crippen molar-refractivity contribution in [3.05, 3.63) is 28.2 Å². The van der Waals surface area contributed by atoms with Gasteiger partial charge in [-0.2, -0.15) is 0 Å². The summed E-state index contributed by atoms with van der Waals surface area (Å²) in [4.78, 5) is 0. The van der Waals surface area contributed by atoms with Gasteiger partial charge in [0.05, 0.1) is 11.7 Å². The molecule has 19 heavy (non-hydrogen) atoms. The molecule has 0 spiro atoms. The minimum absolute atomic E-state index is 0.0797. The van der Waals surface area contributed by atoms with Gasteiger partial charge in [0.1, 0.15) is 5.75 Å². The summed E-state index contributed by atoms with van der Waals surface area (Å²) >= 11 is 3.42. The Balaban J connectivity index is 2.19. The van der Waals surface area contributed by atoms with Crippen LogP contribution in [0.4, 0.5) is 0 Å². The standard InChI is InChI=1S/C14H19BrN2O2/c15-10-7-8-12(14(16)17-18)13(9-10)19-11-5-3-1-2-4-6-11/h7-9,11,18H,1-6H2,(H2,16,17). The van der Waals surface area contributed by atoms with Gasteiger partial charge in [-0.1, -0.05) is 33.9 Å². The lowest BCUT2D eigenvalue weighted by Crippen LogP contribution is -2.20. The molecule has 1 aliphatic carbocycles. The van der Waals surface area contributed by atoms with E-state index in [-0.39, 0.29) is 11.9 Å². The summed E-state index contributed by atoms with van der Waals surface area (Å²) in [5.74, 6) is 0.757. The Bertz CT molecular complexity index is 455. The Labute approximate surface area is 121 Å². The van der Waals surface area contributed by atoms with Crippen molar-refractivity contribution in [2.24, 2.45) is 10.9 Å². The van der Waals surface area contributed by atoms with E-state index in [0.717, 1.165) is 17.3 Å². The van der Waals surface area contributed by atoms with Crippen molar-refractivity contribution in [1.82, 2.24) is 0 Å². The molecule has 0 unspecified atom stereocenters. The molecule has 0 bridgehead atoms. The van der Waals surface area contributed by atoms with Crippen molar-refractivity contribution in [1.29, 1.82) is 0 Å². The van der Waals surface area contributed by atoms with Gasteiger partial charge in [0.25, 0.3) is 0 Å².